The lowest BCUT2D eigenvalue weighted by molar-refractivity contribution is -0.145. The van der Waals surface area contributed by atoms with Gasteiger partial charge in [0.25, 0.3) is 5.56 Å². The molecule has 0 spiro atoms. The van der Waals surface area contributed by atoms with Gasteiger partial charge >= 0.3 is 5.97 Å². The molecule has 0 aliphatic heterocycles. The maximum atomic E-state index is 12.9. The summed E-state index contributed by atoms with van der Waals surface area (Å²) < 4.78 is 6.81. The standard InChI is InChI=1S/C19H21N3O3S2/c1-2-15-21-12(10-26-15)9-25-16(23)7-8-22-11-20-18-17(19(22)24)13-5-3-4-6-14(13)27-18/h10-11H,2-9H2,1H3. The quantitative estimate of drug-likeness (QED) is 0.589. The van der Waals surface area contributed by atoms with Gasteiger partial charge in [-0.15, -0.1) is 22.7 Å². The zero-order valence-corrected chi connectivity index (χ0v) is 16.8. The van der Waals surface area contributed by atoms with Crippen molar-refractivity contribution in [3.63, 3.8) is 0 Å². The number of fused-ring (bicyclic) bond motifs is 3. The van der Waals surface area contributed by atoms with Crippen LogP contribution in [-0.4, -0.2) is 20.5 Å². The molecule has 6 nitrogen and oxygen atoms in total. The van der Waals surface area contributed by atoms with Gasteiger partial charge in [0.15, 0.2) is 0 Å². The number of nitrogens with zero attached hydrogens (tertiary/aromatic N) is 3. The van der Waals surface area contributed by atoms with Crippen molar-refractivity contribution in [2.45, 2.75) is 58.6 Å². The fraction of sp³-hybridized carbons (Fsp3) is 0.474. The lowest BCUT2D eigenvalue weighted by Crippen LogP contribution is -2.23. The number of hydrogen-bond acceptors (Lipinski definition) is 7. The van der Waals surface area contributed by atoms with Gasteiger partial charge in [0.1, 0.15) is 11.4 Å². The second-order valence-corrected chi connectivity index (χ2v) is 8.66. The molecule has 0 N–H and O–H groups in total. The molecule has 0 bridgehead atoms. The van der Waals surface area contributed by atoms with Crippen molar-refractivity contribution in [3.05, 3.63) is 43.2 Å². The molecule has 3 aromatic heterocycles. The van der Waals surface area contributed by atoms with Crippen molar-refractivity contribution in [2.75, 3.05) is 0 Å². The molecule has 0 saturated carbocycles. The van der Waals surface area contributed by atoms with E-state index in [0.717, 1.165) is 46.6 Å². The Bertz CT molecular complexity index is 1030. The third-order valence-corrected chi connectivity index (χ3v) is 7.02. The molecule has 8 heteroatoms. The highest BCUT2D eigenvalue weighted by Gasteiger charge is 2.20. The maximum absolute atomic E-state index is 12.9. The maximum Gasteiger partial charge on any atom is 0.307 e. The summed E-state index contributed by atoms with van der Waals surface area (Å²) in [7, 11) is 0. The largest absolute Gasteiger partial charge is 0.459 e. The molecule has 1 aliphatic rings. The minimum Gasteiger partial charge on any atom is -0.459 e. The molecule has 142 valence electrons. The van der Waals surface area contributed by atoms with Gasteiger partial charge < -0.3 is 4.74 Å². The summed E-state index contributed by atoms with van der Waals surface area (Å²) in [6.07, 6.45) is 6.86. The number of carbonyl (C=O) groups is 1. The van der Waals surface area contributed by atoms with E-state index in [2.05, 4.69) is 9.97 Å². The van der Waals surface area contributed by atoms with Gasteiger partial charge in [0.2, 0.25) is 0 Å². The first kappa shape index (κ1) is 18.3. The zero-order valence-electron chi connectivity index (χ0n) is 15.2. The van der Waals surface area contributed by atoms with E-state index in [1.165, 1.54) is 21.4 Å². The van der Waals surface area contributed by atoms with E-state index in [9.17, 15) is 9.59 Å². The highest BCUT2D eigenvalue weighted by atomic mass is 32.1. The van der Waals surface area contributed by atoms with Crippen LogP contribution < -0.4 is 5.56 Å². The van der Waals surface area contributed by atoms with Crippen molar-refractivity contribution in [1.29, 1.82) is 0 Å². The monoisotopic (exact) mass is 403 g/mol. The molecule has 0 fully saturated rings. The van der Waals surface area contributed by atoms with E-state index in [-0.39, 0.29) is 31.1 Å². The Labute approximate surface area is 164 Å². The van der Waals surface area contributed by atoms with Gasteiger partial charge in [-0.1, -0.05) is 6.92 Å². The van der Waals surface area contributed by atoms with E-state index in [4.69, 9.17) is 4.74 Å². The first-order valence-electron chi connectivity index (χ1n) is 9.24. The number of carbonyl (C=O) groups excluding carboxylic acids is 1. The SMILES string of the molecule is CCc1nc(COC(=O)CCn2cnc3sc4c(c3c2=O)CCCC4)cs1. The van der Waals surface area contributed by atoms with E-state index in [1.54, 1.807) is 29.0 Å². The Kier molecular flexibility index (Phi) is 5.36. The number of aryl methyl sites for hydroxylation is 4. The second-order valence-electron chi connectivity index (χ2n) is 6.63. The average molecular weight is 404 g/mol. The molecule has 0 saturated heterocycles. The van der Waals surface area contributed by atoms with Crippen molar-refractivity contribution < 1.29 is 9.53 Å². The van der Waals surface area contributed by atoms with E-state index < -0.39 is 0 Å². The molecular weight excluding hydrogens is 382 g/mol. The second kappa shape index (κ2) is 7.90. The average Bonchev–Trinajstić information content (AvgIpc) is 3.30. The summed E-state index contributed by atoms with van der Waals surface area (Å²) in [6, 6.07) is 0. The molecule has 0 unspecified atom stereocenters. The lowest BCUT2D eigenvalue weighted by atomic mass is 9.97. The van der Waals surface area contributed by atoms with Crippen LogP contribution in [0.3, 0.4) is 0 Å². The van der Waals surface area contributed by atoms with Gasteiger partial charge in [0, 0.05) is 16.8 Å². The van der Waals surface area contributed by atoms with E-state index in [1.807, 2.05) is 12.3 Å². The first-order chi connectivity index (χ1) is 13.2. The molecule has 1 aliphatic carbocycles. The fourth-order valence-electron chi connectivity index (χ4n) is 3.36. The summed E-state index contributed by atoms with van der Waals surface area (Å²) in [5.41, 5.74) is 1.90. The van der Waals surface area contributed by atoms with Crippen LogP contribution in [0.2, 0.25) is 0 Å². The van der Waals surface area contributed by atoms with Crippen LogP contribution >= 0.6 is 22.7 Å². The Morgan fingerprint density at radius 3 is 3.00 bits per heavy atom. The molecule has 27 heavy (non-hydrogen) atoms. The normalized spacial score (nSPS) is 13.7. The predicted molar refractivity (Wildman–Crippen MR) is 106 cm³/mol. The Morgan fingerprint density at radius 1 is 1.33 bits per heavy atom. The molecule has 0 radical (unpaired) electrons. The number of aromatic nitrogens is 3. The van der Waals surface area contributed by atoms with Crippen LogP contribution in [0.1, 0.15) is 47.3 Å². The van der Waals surface area contributed by atoms with Gasteiger partial charge in [-0.3, -0.25) is 14.2 Å². The number of rotatable bonds is 6. The van der Waals surface area contributed by atoms with E-state index >= 15 is 0 Å². The molecular formula is C19H21N3O3S2. The summed E-state index contributed by atoms with van der Waals surface area (Å²) >= 11 is 3.21. The number of hydrogen-bond donors (Lipinski definition) is 0. The number of thiophene rings is 1. The van der Waals surface area contributed by atoms with E-state index in [0.29, 0.717) is 0 Å². The molecule has 0 aromatic carbocycles. The Morgan fingerprint density at radius 2 is 2.19 bits per heavy atom. The summed E-state index contributed by atoms with van der Waals surface area (Å²) in [5.74, 6) is -0.333. The minimum absolute atomic E-state index is 0.0423. The first-order valence-corrected chi connectivity index (χ1v) is 10.9. The minimum atomic E-state index is -0.333. The summed E-state index contributed by atoms with van der Waals surface area (Å²) in [5, 5.41) is 3.69. The summed E-state index contributed by atoms with van der Waals surface area (Å²) in [4.78, 5) is 35.9. The number of thiazole rings is 1. The fourth-order valence-corrected chi connectivity index (χ4v) is 5.31. The van der Waals surface area contributed by atoms with Gasteiger partial charge in [-0.05, 0) is 37.7 Å². The van der Waals surface area contributed by atoms with Crippen LogP contribution in [0.15, 0.2) is 16.5 Å². The molecule has 0 atom stereocenters. The van der Waals surface area contributed by atoms with Crippen LogP contribution in [-0.2, 0) is 41.9 Å². The number of ether oxygens (including phenoxy) is 1. The van der Waals surface area contributed by atoms with Crippen molar-refractivity contribution in [3.8, 4) is 0 Å². The third-order valence-electron chi connectivity index (χ3n) is 4.78. The number of esters is 1. The molecule has 3 heterocycles. The van der Waals surface area contributed by atoms with Crippen LogP contribution in [0.5, 0.6) is 0 Å². The van der Waals surface area contributed by atoms with Gasteiger partial charge in [0.05, 0.1) is 28.8 Å². The topological polar surface area (TPSA) is 74.1 Å². The van der Waals surface area contributed by atoms with Gasteiger partial charge in [-0.25, -0.2) is 9.97 Å². The third kappa shape index (κ3) is 3.82. The predicted octanol–water partition coefficient (Wildman–Crippen LogP) is 3.49. The van der Waals surface area contributed by atoms with Crippen molar-refractivity contribution in [1.82, 2.24) is 14.5 Å². The molecule has 0 amide bonds. The summed E-state index contributed by atoms with van der Waals surface area (Å²) in [6.45, 7) is 2.50. The van der Waals surface area contributed by atoms with Crippen LogP contribution in [0.4, 0.5) is 0 Å². The lowest BCUT2D eigenvalue weighted by Gasteiger charge is -2.10. The Balaban J connectivity index is 1.42. The smallest absolute Gasteiger partial charge is 0.307 e. The van der Waals surface area contributed by atoms with Crippen LogP contribution in [0, 0.1) is 0 Å². The molecule has 3 aromatic rings. The van der Waals surface area contributed by atoms with Crippen LogP contribution in [0.25, 0.3) is 10.2 Å². The highest BCUT2D eigenvalue weighted by molar-refractivity contribution is 7.18. The Hall–Kier alpha value is -2.06. The zero-order chi connectivity index (χ0) is 18.8. The van der Waals surface area contributed by atoms with Gasteiger partial charge in [-0.2, -0.15) is 0 Å². The van der Waals surface area contributed by atoms with Crippen molar-refractivity contribution in [2.24, 2.45) is 0 Å². The highest BCUT2D eigenvalue weighted by Crippen LogP contribution is 2.33. The van der Waals surface area contributed by atoms with Crippen molar-refractivity contribution >= 4 is 38.9 Å². The molecule has 4 rings (SSSR count).